The number of nitrogens with one attached hydrogen (secondary N) is 1. The normalized spacial score (nSPS) is 13.2. The number of nitrogens with zero attached hydrogens (tertiary/aromatic N) is 3. The lowest BCUT2D eigenvalue weighted by Gasteiger charge is -2.20. The Hall–Kier alpha value is -6.42. The number of hydrogen-bond donors (Lipinski definition) is 1. The summed E-state index contributed by atoms with van der Waals surface area (Å²) in [6, 6.07) is 14.8. The molecule has 8 rings (SSSR count). The van der Waals surface area contributed by atoms with Crippen molar-refractivity contribution in [3.63, 3.8) is 0 Å². The van der Waals surface area contributed by atoms with E-state index in [1.807, 2.05) is 27.7 Å². The van der Waals surface area contributed by atoms with Gasteiger partial charge in [-0.2, -0.15) is 21.6 Å². The molecule has 0 fully saturated rings. The van der Waals surface area contributed by atoms with Gasteiger partial charge in [0, 0.05) is 46.8 Å². The largest absolute Gasteiger partial charge is 0.534 e. The average molecular weight is 901 g/mol. The summed E-state index contributed by atoms with van der Waals surface area (Å²) in [6.45, 7) is 7.73. The number of aromatic amines is 1. The van der Waals surface area contributed by atoms with E-state index in [2.05, 4.69) is 14.2 Å². The zero-order valence-corrected chi connectivity index (χ0v) is 35.4. The van der Waals surface area contributed by atoms with Crippen LogP contribution in [0.5, 0.6) is 5.88 Å². The van der Waals surface area contributed by atoms with E-state index in [9.17, 15) is 44.8 Å². The van der Waals surface area contributed by atoms with E-state index in [4.69, 9.17) is 9.97 Å². The number of H-pyrrole nitrogens is 1. The Morgan fingerprint density at radius 1 is 0.703 bits per heavy atom. The molecule has 0 bridgehead atoms. The second-order valence-corrected chi connectivity index (χ2v) is 17.4. The molecule has 0 radical (unpaired) electrons. The average Bonchev–Trinajstić information content (AvgIpc) is 3.53. The number of halogens is 5. The third kappa shape index (κ3) is 9.28. The van der Waals surface area contributed by atoms with E-state index in [1.165, 1.54) is 30.5 Å². The van der Waals surface area contributed by atoms with Gasteiger partial charge in [-0.05, 0) is 119 Å². The molecule has 2 aromatic carbocycles. The fourth-order valence-corrected chi connectivity index (χ4v) is 8.62. The van der Waals surface area contributed by atoms with Gasteiger partial charge >= 0.3 is 15.6 Å². The van der Waals surface area contributed by atoms with E-state index >= 15 is 0 Å². The fraction of sp³-hybridized carbons (Fsp3) is 0.292. The number of aldehydes is 2. The molecule has 4 heterocycles. The van der Waals surface area contributed by atoms with Crippen LogP contribution in [0.15, 0.2) is 77.9 Å². The van der Waals surface area contributed by atoms with Gasteiger partial charge in [0.2, 0.25) is 11.4 Å². The maximum Gasteiger partial charge on any atom is 0.534 e. The Labute approximate surface area is 367 Å². The standard InChI is InChI=1S/C24H20F4N2O4S.C23H21FN2O2.CH4/c1-13(2)22-19(12-31)21(14-6-8-16(25)9-7-14)17-5-3-4-15-10-20(29-11-18(15)23(17)30-22)34-35(32,33)24(26,27)28;1-13(2)22-19(12-27)21(14-6-8-16(24)9-7-14)17-5-3-4-15-10-20(28)25-11-18(15)23(17)26-22;/h6-13H,3-5H2,1-2H3;6-13H,3-5H2,1-2H3,(H,25,28);1H4. The molecule has 6 aromatic rings. The van der Waals surface area contributed by atoms with Crippen molar-refractivity contribution in [2.75, 3.05) is 0 Å². The number of fused-ring (bicyclic) bond motifs is 6. The molecule has 1 N–H and O–H groups in total. The zero-order valence-electron chi connectivity index (χ0n) is 34.6. The highest BCUT2D eigenvalue weighted by molar-refractivity contribution is 7.87. The second kappa shape index (κ2) is 18.7. The molecule has 0 amide bonds. The molecule has 0 aliphatic heterocycles. The first-order valence-corrected chi connectivity index (χ1v) is 21.6. The predicted molar refractivity (Wildman–Crippen MR) is 234 cm³/mol. The molecular weight excluding hydrogens is 856 g/mol. The van der Waals surface area contributed by atoms with Gasteiger partial charge in [-0.25, -0.2) is 13.8 Å². The molecule has 16 heteroatoms. The molecular formula is C48H45F5N4O6S. The molecule has 0 saturated carbocycles. The quantitative estimate of drug-likeness (QED) is 0.0682. The predicted octanol–water partition coefficient (Wildman–Crippen LogP) is 10.9. The van der Waals surface area contributed by atoms with Crippen LogP contribution < -0.4 is 9.74 Å². The first-order chi connectivity index (χ1) is 29.9. The van der Waals surface area contributed by atoms with E-state index in [0.717, 1.165) is 77.0 Å². The number of rotatable bonds is 8. The van der Waals surface area contributed by atoms with Crippen molar-refractivity contribution in [3.05, 3.63) is 140 Å². The summed E-state index contributed by atoms with van der Waals surface area (Å²) >= 11 is 0. The van der Waals surface area contributed by atoms with E-state index in [0.29, 0.717) is 69.7 Å². The summed E-state index contributed by atoms with van der Waals surface area (Å²) in [5, 5.41) is 0. The van der Waals surface area contributed by atoms with Crippen LogP contribution in [0.1, 0.15) is 114 Å². The molecule has 334 valence electrons. The Morgan fingerprint density at radius 2 is 1.16 bits per heavy atom. The number of aryl methyl sites for hydroxylation is 2. The highest BCUT2D eigenvalue weighted by atomic mass is 32.2. The zero-order chi connectivity index (χ0) is 45.4. The van der Waals surface area contributed by atoms with Crippen molar-refractivity contribution >= 4 is 22.7 Å². The molecule has 4 aromatic heterocycles. The number of carbonyl (C=O) groups is 2. The molecule has 0 spiro atoms. The minimum absolute atomic E-state index is 0. The van der Waals surface area contributed by atoms with Crippen LogP contribution in [0, 0.1) is 11.6 Å². The SMILES string of the molecule is C.CC(C)c1nc2c(c(-c3ccc(F)cc3)c1C=O)CCCc1cc(=O)[nH]cc1-2.CC(C)c1nc2c(c(-c3ccc(F)cc3)c1C=O)CCCc1cc(OS(=O)(=O)C(F)(F)F)ncc1-2. The first kappa shape index (κ1) is 47.1. The lowest BCUT2D eigenvalue weighted by atomic mass is 9.87. The maximum atomic E-state index is 13.6. The number of aromatic nitrogens is 4. The summed E-state index contributed by atoms with van der Waals surface area (Å²) in [4.78, 5) is 52.3. The van der Waals surface area contributed by atoms with Crippen LogP contribution in [-0.4, -0.2) is 46.4 Å². The van der Waals surface area contributed by atoms with Crippen LogP contribution >= 0.6 is 0 Å². The van der Waals surface area contributed by atoms with Gasteiger partial charge in [-0.3, -0.25) is 24.4 Å². The van der Waals surface area contributed by atoms with Crippen LogP contribution in [0.3, 0.4) is 0 Å². The van der Waals surface area contributed by atoms with Gasteiger partial charge in [-0.1, -0.05) is 59.4 Å². The summed E-state index contributed by atoms with van der Waals surface area (Å²) < 4.78 is 92.4. The van der Waals surface area contributed by atoms with Gasteiger partial charge in [0.05, 0.1) is 22.8 Å². The van der Waals surface area contributed by atoms with Crippen molar-refractivity contribution in [2.24, 2.45) is 0 Å². The molecule has 2 aliphatic rings. The van der Waals surface area contributed by atoms with Gasteiger partial charge < -0.3 is 9.17 Å². The fourth-order valence-electron chi connectivity index (χ4n) is 8.21. The highest BCUT2D eigenvalue weighted by Gasteiger charge is 2.49. The maximum absolute atomic E-state index is 13.6. The molecule has 2 aliphatic carbocycles. The Bertz CT molecular complexity index is 2910. The summed E-state index contributed by atoms with van der Waals surface area (Å²) in [6.07, 6.45) is 8.27. The third-order valence-corrected chi connectivity index (χ3v) is 12.0. The van der Waals surface area contributed by atoms with Crippen molar-refractivity contribution < 1.29 is 44.1 Å². The van der Waals surface area contributed by atoms with Crippen LogP contribution in [0.4, 0.5) is 22.0 Å². The van der Waals surface area contributed by atoms with E-state index in [1.54, 1.807) is 36.5 Å². The topological polar surface area (TPSA) is 149 Å². The van der Waals surface area contributed by atoms with Crippen LogP contribution in [0.2, 0.25) is 0 Å². The third-order valence-electron chi connectivity index (χ3n) is 11.0. The second-order valence-electron chi connectivity index (χ2n) is 15.9. The van der Waals surface area contributed by atoms with Crippen molar-refractivity contribution in [2.45, 2.75) is 91.0 Å². The molecule has 0 unspecified atom stereocenters. The lowest BCUT2D eigenvalue weighted by molar-refractivity contribution is -0.0501. The molecule has 0 atom stereocenters. The Morgan fingerprint density at radius 3 is 1.59 bits per heavy atom. The van der Waals surface area contributed by atoms with Crippen LogP contribution in [-0.2, 0) is 35.8 Å². The number of alkyl halides is 3. The van der Waals surface area contributed by atoms with Crippen molar-refractivity contribution in [1.82, 2.24) is 19.9 Å². The summed E-state index contributed by atoms with van der Waals surface area (Å²) in [5.41, 5.74) is 5.18. The van der Waals surface area contributed by atoms with Crippen LogP contribution in [0.25, 0.3) is 44.8 Å². The van der Waals surface area contributed by atoms with E-state index in [-0.39, 0.29) is 30.6 Å². The molecule has 64 heavy (non-hydrogen) atoms. The first-order valence-electron chi connectivity index (χ1n) is 20.2. The smallest absolute Gasteiger partial charge is 0.355 e. The van der Waals surface area contributed by atoms with Gasteiger partial charge in [0.1, 0.15) is 11.6 Å². The Balaban J connectivity index is 0.000000214. The van der Waals surface area contributed by atoms with Gasteiger partial charge in [0.25, 0.3) is 0 Å². The highest BCUT2D eigenvalue weighted by Crippen LogP contribution is 2.43. The van der Waals surface area contributed by atoms with Crippen molar-refractivity contribution in [3.8, 4) is 50.6 Å². The molecule has 10 nitrogen and oxygen atoms in total. The van der Waals surface area contributed by atoms with Gasteiger partial charge in [-0.15, -0.1) is 0 Å². The minimum atomic E-state index is -5.87. The van der Waals surface area contributed by atoms with E-state index < -0.39 is 27.3 Å². The molecule has 0 saturated heterocycles. The van der Waals surface area contributed by atoms with Crippen molar-refractivity contribution in [1.29, 1.82) is 0 Å². The number of pyridine rings is 4. The number of carbonyl (C=O) groups excluding carboxylic acids is 2. The monoisotopic (exact) mass is 900 g/mol. The number of hydrogen-bond acceptors (Lipinski definition) is 9. The minimum Gasteiger partial charge on any atom is -0.355 e. The Kier molecular flexibility index (Phi) is 13.8. The summed E-state index contributed by atoms with van der Waals surface area (Å²) in [7, 11) is -5.87. The van der Waals surface area contributed by atoms with Gasteiger partial charge in [0.15, 0.2) is 12.6 Å². The number of benzene rings is 2. The lowest BCUT2D eigenvalue weighted by Crippen LogP contribution is -2.28. The summed E-state index contributed by atoms with van der Waals surface area (Å²) in [5.74, 6) is -1.56.